The van der Waals surface area contributed by atoms with Crippen molar-refractivity contribution in [2.24, 2.45) is 0 Å². The molecule has 0 radical (unpaired) electrons. The Morgan fingerprint density at radius 1 is 1.08 bits per heavy atom. The molecule has 1 heterocycles. The van der Waals surface area contributed by atoms with Crippen LogP contribution in [0.4, 0.5) is 0 Å². The fourth-order valence-electron chi connectivity index (χ4n) is 2.59. The molecule has 1 fully saturated rings. The average molecular weight is 324 g/mol. The molecule has 0 saturated carbocycles. The first-order chi connectivity index (χ1) is 11.7. The molecular formula is C20H20O4. The number of esters is 1. The van der Waals surface area contributed by atoms with Gasteiger partial charge < -0.3 is 14.2 Å². The Kier molecular flexibility index (Phi) is 5.29. The molecule has 0 amide bonds. The van der Waals surface area contributed by atoms with Gasteiger partial charge in [0, 0.05) is 6.42 Å². The fraction of sp³-hybridized carbons (Fsp3) is 0.250. The summed E-state index contributed by atoms with van der Waals surface area (Å²) < 4.78 is 16.9. The Labute approximate surface area is 141 Å². The zero-order chi connectivity index (χ0) is 16.8. The van der Waals surface area contributed by atoms with Crippen molar-refractivity contribution in [2.45, 2.75) is 25.2 Å². The lowest BCUT2D eigenvalue weighted by Gasteiger charge is -2.18. The van der Waals surface area contributed by atoms with Crippen LogP contribution in [0.3, 0.4) is 0 Å². The van der Waals surface area contributed by atoms with E-state index in [2.05, 4.69) is 6.58 Å². The van der Waals surface area contributed by atoms with E-state index in [0.29, 0.717) is 24.4 Å². The summed E-state index contributed by atoms with van der Waals surface area (Å²) in [7, 11) is 0. The highest BCUT2D eigenvalue weighted by Gasteiger charge is 2.33. The summed E-state index contributed by atoms with van der Waals surface area (Å²) in [5, 5.41) is 0. The molecule has 124 valence electrons. The van der Waals surface area contributed by atoms with Crippen LogP contribution in [0.1, 0.15) is 22.3 Å². The quantitative estimate of drug-likeness (QED) is 0.760. The van der Waals surface area contributed by atoms with E-state index in [1.807, 2.05) is 36.4 Å². The third-order valence-electron chi connectivity index (χ3n) is 3.86. The minimum Gasteiger partial charge on any atom is -0.489 e. The second kappa shape index (κ2) is 7.79. The number of carbonyl (C=O) groups is 1. The standard InChI is InChI=1S/C20H20O4/c1-15-12-18(22-13-16-8-4-2-5-9-16)19(24-15)14-23-20(21)17-10-6-3-7-11-17/h2-11,18-19H,1,12-14H2/t18-,19-/m1/s1. The summed E-state index contributed by atoms with van der Waals surface area (Å²) in [5.74, 6) is 0.298. The van der Waals surface area contributed by atoms with Crippen molar-refractivity contribution in [3.63, 3.8) is 0 Å². The number of hydrogen-bond donors (Lipinski definition) is 0. The van der Waals surface area contributed by atoms with Gasteiger partial charge in [0.1, 0.15) is 12.7 Å². The van der Waals surface area contributed by atoms with Crippen LogP contribution < -0.4 is 0 Å². The highest BCUT2D eigenvalue weighted by atomic mass is 16.6. The molecule has 0 aliphatic carbocycles. The maximum Gasteiger partial charge on any atom is 0.338 e. The molecule has 0 aromatic heterocycles. The molecule has 1 saturated heterocycles. The summed E-state index contributed by atoms with van der Waals surface area (Å²) in [6.07, 6.45) is 0.121. The van der Waals surface area contributed by atoms with Gasteiger partial charge in [0.15, 0.2) is 6.10 Å². The lowest BCUT2D eigenvalue weighted by Crippen LogP contribution is -2.30. The SMILES string of the molecule is C=C1C[C@@H](OCc2ccccc2)[C@@H](COC(=O)c2ccccc2)O1. The summed E-state index contributed by atoms with van der Waals surface area (Å²) in [5.41, 5.74) is 1.62. The van der Waals surface area contributed by atoms with Gasteiger partial charge in [-0.25, -0.2) is 4.79 Å². The zero-order valence-corrected chi connectivity index (χ0v) is 13.4. The highest BCUT2D eigenvalue weighted by molar-refractivity contribution is 5.89. The largest absolute Gasteiger partial charge is 0.489 e. The van der Waals surface area contributed by atoms with E-state index >= 15 is 0 Å². The first kappa shape index (κ1) is 16.3. The summed E-state index contributed by atoms with van der Waals surface area (Å²) in [6.45, 7) is 4.49. The van der Waals surface area contributed by atoms with E-state index in [4.69, 9.17) is 14.2 Å². The molecule has 2 atom stereocenters. The second-order valence-corrected chi connectivity index (χ2v) is 5.70. The topological polar surface area (TPSA) is 44.8 Å². The van der Waals surface area contributed by atoms with E-state index in [1.165, 1.54) is 0 Å². The van der Waals surface area contributed by atoms with Gasteiger partial charge in [-0.15, -0.1) is 0 Å². The Bertz CT molecular complexity index is 681. The first-order valence-corrected chi connectivity index (χ1v) is 7.94. The maximum absolute atomic E-state index is 12.0. The van der Waals surface area contributed by atoms with Gasteiger partial charge in [-0.3, -0.25) is 0 Å². The lowest BCUT2D eigenvalue weighted by molar-refractivity contribution is -0.0407. The molecule has 0 N–H and O–H groups in total. The predicted octanol–water partition coefficient (Wildman–Crippen LogP) is 3.73. The third-order valence-corrected chi connectivity index (χ3v) is 3.86. The van der Waals surface area contributed by atoms with Crippen LogP contribution in [0.15, 0.2) is 73.0 Å². The minimum absolute atomic E-state index is 0.145. The molecule has 0 bridgehead atoms. The van der Waals surface area contributed by atoms with E-state index in [1.54, 1.807) is 24.3 Å². The van der Waals surface area contributed by atoms with Crippen LogP contribution in [0.25, 0.3) is 0 Å². The monoisotopic (exact) mass is 324 g/mol. The third kappa shape index (κ3) is 4.24. The number of hydrogen-bond acceptors (Lipinski definition) is 4. The molecule has 4 nitrogen and oxygen atoms in total. The number of benzene rings is 2. The van der Waals surface area contributed by atoms with Crippen molar-refractivity contribution in [3.05, 3.63) is 84.1 Å². The number of carbonyl (C=O) groups excluding carboxylic acids is 1. The first-order valence-electron chi connectivity index (χ1n) is 7.94. The molecule has 4 heteroatoms. The second-order valence-electron chi connectivity index (χ2n) is 5.70. The van der Waals surface area contributed by atoms with Crippen LogP contribution in [0.5, 0.6) is 0 Å². The van der Waals surface area contributed by atoms with Crippen LogP contribution in [-0.2, 0) is 20.8 Å². The maximum atomic E-state index is 12.0. The van der Waals surface area contributed by atoms with Crippen LogP contribution in [0.2, 0.25) is 0 Å². The average Bonchev–Trinajstić information content (AvgIpc) is 2.99. The molecule has 0 spiro atoms. The van der Waals surface area contributed by atoms with E-state index < -0.39 is 0 Å². The van der Waals surface area contributed by atoms with Crippen molar-refractivity contribution < 1.29 is 19.0 Å². The molecule has 3 rings (SSSR count). The van der Waals surface area contributed by atoms with Gasteiger partial charge in [-0.1, -0.05) is 55.1 Å². The summed E-state index contributed by atoms with van der Waals surface area (Å²) in [6, 6.07) is 18.8. The highest BCUT2D eigenvalue weighted by Crippen LogP contribution is 2.26. The fourth-order valence-corrected chi connectivity index (χ4v) is 2.59. The van der Waals surface area contributed by atoms with Crippen molar-refractivity contribution in [2.75, 3.05) is 6.61 Å². The van der Waals surface area contributed by atoms with E-state index in [-0.39, 0.29) is 24.8 Å². The molecule has 0 unspecified atom stereocenters. The van der Waals surface area contributed by atoms with Gasteiger partial charge in [-0.05, 0) is 17.7 Å². The molecule has 2 aromatic rings. The van der Waals surface area contributed by atoms with Gasteiger partial charge >= 0.3 is 5.97 Å². The molecule has 24 heavy (non-hydrogen) atoms. The van der Waals surface area contributed by atoms with E-state index in [9.17, 15) is 4.79 Å². The normalized spacial score (nSPS) is 19.8. The Balaban J connectivity index is 1.53. The summed E-state index contributed by atoms with van der Waals surface area (Å²) >= 11 is 0. The van der Waals surface area contributed by atoms with Crippen LogP contribution in [0, 0.1) is 0 Å². The Morgan fingerprint density at radius 3 is 2.46 bits per heavy atom. The van der Waals surface area contributed by atoms with Crippen molar-refractivity contribution in [1.82, 2.24) is 0 Å². The van der Waals surface area contributed by atoms with Gasteiger partial charge in [0.25, 0.3) is 0 Å². The predicted molar refractivity (Wildman–Crippen MR) is 90.4 cm³/mol. The van der Waals surface area contributed by atoms with Crippen LogP contribution >= 0.6 is 0 Å². The molecular weight excluding hydrogens is 304 g/mol. The number of rotatable bonds is 6. The molecule has 1 aliphatic heterocycles. The summed E-state index contributed by atoms with van der Waals surface area (Å²) in [4.78, 5) is 12.0. The van der Waals surface area contributed by atoms with Gasteiger partial charge in [0.05, 0.1) is 17.9 Å². The minimum atomic E-state index is -0.362. The van der Waals surface area contributed by atoms with Crippen molar-refractivity contribution >= 4 is 5.97 Å². The zero-order valence-electron chi connectivity index (χ0n) is 13.4. The van der Waals surface area contributed by atoms with E-state index in [0.717, 1.165) is 5.56 Å². The van der Waals surface area contributed by atoms with Crippen molar-refractivity contribution in [3.8, 4) is 0 Å². The lowest BCUT2D eigenvalue weighted by atomic mass is 10.1. The Morgan fingerprint density at radius 2 is 1.75 bits per heavy atom. The van der Waals surface area contributed by atoms with Gasteiger partial charge in [-0.2, -0.15) is 0 Å². The molecule has 1 aliphatic rings. The molecule has 2 aromatic carbocycles. The van der Waals surface area contributed by atoms with Gasteiger partial charge in [0.2, 0.25) is 0 Å². The van der Waals surface area contributed by atoms with Crippen LogP contribution in [-0.4, -0.2) is 24.8 Å². The Hall–Kier alpha value is -2.59. The van der Waals surface area contributed by atoms with Crippen molar-refractivity contribution in [1.29, 1.82) is 0 Å². The number of ether oxygens (including phenoxy) is 3. The smallest absolute Gasteiger partial charge is 0.338 e.